The van der Waals surface area contributed by atoms with Gasteiger partial charge in [-0.1, -0.05) is 72.8 Å². The molecule has 7 nitrogen and oxygen atoms in total. The SMILES string of the molecule is C=C(C)[C@@H]1CC[C@]2(CC(=O)NCc3ccc(N)cc3)CC[C@]3(C)[C@H](CC[C@@H]4[C@@]5(C)CC[C@H](OC(=O)CC(C)(C)CC(=O)O)C(C)(C)[C@@H]5CC[C@]43C)[C@@H]12. The molecule has 52 heavy (non-hydrogen) atoms. The Balaban J connectivity index is 1.21. The molecule has 5 aliphatic rings. The highest BCUT2D eigenvalue weighted by Gasteiger charge is 2.71. The normalized spacial score (nSPS) is 39.2. The molecule has 6 rings (SSSR count). The van der Waals surface area contributed by atoms with Crippen molar-refractivity contribution in [2.75, 3.05) is 5.73 Å². The number of carbonyl (C=O) groups is 3. The number of esters is 1. The molecule has 0 saturated heterocycles. The van der Waals surface area contributed by atoms with Crippen molar-refractivity contribution in [1.82, 2.24) is 5.32 Å². The van der Waals surface area contributed by atoms with Crippen molar-refractivity contribution in [1.29, 1.82) is 0 Å². The van der Waals surface area contributed by atoms with Crippen LogP contribution in [0.3, 0.4) is 0 Å². The van der Waals surface area contributed by atoms with Gasteiger partial charge in [0.1, 0.15) is 6.10 Å². The van der Waals surface area contributed by atoms with E-state index < -0.39 is 11.4 Å². The smallest absolute Gasteiger partial charge is 0.306 e. The van der Waals surface area contributed by atoms with Crippen LogP contribution in [0.4, 0.5) is 5.69 Å². The van der Waals surface area contributed by atoms with Gasteiger partial charge < -0.3 is 20.9 Å². The number of hydrogen-bond donors (Lipinski definition) is 3. The number of amides is 1. The topological polar surface area (TPSA) is 119 Å². The fourth-order valence-corrected chi connectivity index (χ4v) is 14.1. The number of nitrogens with two attached hydrogens (primary N) is 1. The Morgan fingerprint density at radius 2 is 1.58 bits per heavy atom. The minimum absolute atomic E-state index is 0.0201. The molecule has 1 aromatic carbocycles. The zero-order chi connectivity index (χ0) is 38.1. The maximum atomic E-state index is 13.7. The summed E-state index contributed by atoms with van der Waals surface area (Å²) in [6.07, 6.45) is 11.7. The number of carboxylic acids is 1. The molecule has 5 aliphatic carbocycles. The lowest BCUT2D eigenvalue weighted by molar-refractivity contribution is -0.250. The van der Waals surface area contributed by atoms with Crippen molar-refractivity contribution < 1.29 is 24.2 Å². The van der Waals surface area contributed by atoms with Crippen LogP contribution >= 0.6 is 0 Å². The van der Waals surface area contributed by atoms with E-state index in [4.69, 9.17) is 10.5 Å². The molecular weight excluding hydrogens is 649 g/mol. The Labute approximate surface area is 313 Å². The van der Waals surface area contributed by atoms with E-state index in [0.717, 1.165) is 49.8 Å². The van der Waals surface area contributed by atoms with Crippen LogP contribution in [-0.2, 0) is 25.7 Å². The molecule has 1 aromatic rings. The van der Waals surface area contributed by atoms with Gasteiger partial charge in [0.05, 0.1) is 12.8 Å². The summed E-state index contributed by atoms with van der Waals surface area (Å²) in [5.41, 5.74) is 8.72. The minimum atomic E-state index is -0.886. The Bertz CT molecular complexity index is 1570. The summed E-state index contributed by atoms with van der Waals surface area (Å²) in [6.45, 7) is 23.5. The van der Waals surface area contributed by atoms with E-state index in [-0.39, 0.29) is 57.9 Å². The van der Waals surface area contributed by atoms with Gasteiger partial charge in [0.2, 0.25) is 5.91 Å². The third-order valence-corrected chi connectivity index (χ3v) is 16.7. The van der Waals surface area contributed by atoms with E-state index in [0.29, 0.717) is 42.6 Å². The molecular formula is C45H68N2O5. The number of anilines is 1. The number of ether oxygens (including phenoxy) is 1. The Hall–Kier alpha value is -2.83. The van der Waals surface area contributed by atoms with E-state index in [9.17, 15) is 19.5 Å². The number of benzene rings is 1. The third kappa shape index (κ3) is 6.52. The molecule has 0 aliphatic heterocycles. The van der Waals surface area contributed by atoms with Crippen LogP contribution in [0.2, 0.25) is 0 Å². The van der Waals surface area contributed by atoms with E-state index in [2.05, 4.69) is 53.4 Å². The maximum Gasteiger partial charge on any atom is 0.306 e. The third-order valence-electron chi connectivity index (χ3n) is 16.7. The van der Waals surface area contributed by atoms with Crippen LogP contribution in [-0.4, -0.2) is 29.1 Å². The average molecular weight is 717 g/mol. The lowest BCUT2D eigenvalue weighted by atomic mass is 9.32. The fourth-order valence-electron chi connectivity index (χ4n) is 14.1. The number of hydrogen-bond acceptors (Lipinski definition) is 5. The molecule has 0 heterocycles. The lowest BCUT2D eigenvalue weighted by Gasteiger charge is -2.73. The van der Waals surface area contributed by atoms with Crippen LogP contribution < -0.4 is 11.1 Å². The van der Waals surface area contributed by atoms with Gasteiger partial charge in [0, 0.05) is 24.1 Å². The summed E-state index contributed by atoms with van der Waals surface area (Å²) in [5.74, 6) is 1.56. The number of allylic oxidation sites excluding steroid dienone is 1. The summed E-state index contributed by atoms with van der Waals surface area (Å²) in [7, 11) is 0. The molecule has 0 aromatic heterocycles. The summed E-state index contributed by atoms with van der Waals surface area (Å²) in [6, 6.07) is 7.78. The lowest BCUT2D eigenvalue weighted by Crippen LogP contribution is -2.67. The first-order valence-corrected chi connectivity index (χ1v) is 20.4. The second kappa shape index (κ2) is 13.5. The molecule has 0 bridgehead atoms. The molecule has 5 fully saturated rings. The van der Waals surface area contributed by atoms with Gasteiger partial charge in [-0.05, 0) is 145 Å². The quantitative estimate of drug-likeness (QED) is 0.126. The van der Waals surface area contributed by atoms with Gasteiger partial charge >= 0.3 is 11.9 Å². The second-order valence-corrected chi connectivity index (χ2v) is 20.5. The van der Waals surface area contributed by atoms with Crippen molar-refractivity contribution >= 4 is 23.5 Å². The highest BCUT2D eigenvalue weighted by molar-refractivity contribution is 5.77. The summed E-state index contributed by atoms with van der Waals surface area (Å²) in [4.78, 5) is 38.4. The fraction of sp³-hybridized carbons (Fsp3) is 0.756. The number of rotatable bonds is 10. The van der Waals surface area contributed by atoms with Crippen molar-refractivity contribution in [3.8, 4) is 0 Å². The van der Waals surface area contributed by atoms with Crippen molar-refractivity contribution in [2.24, 2.45) is 62.1 Å². The first kappa shape index (κ1) is 38.9. The zero-order valence-electron chi connectivity index (χ0n) is 33.5. The van der Waals surface area contributed by atoms with Crippen LogP contribution in [0.25, 0.3) is 0 Å². The molecule has 10 atom stereocenters. The van der Waals surface area contributed by atoms with Gasteiger partial charge in [0.25, 0.3) is 0 Å². The summed E-state index contributed by atoms with van der Waals surface area (Å²) in [5, 5.41) is 12.6. The standard InChI is InChI=1S/C45H68N2O5/c1-28(2)31-16-21-45(24-36(48)47-27-29-10-12-30(46)13-11-29)23-22-43(8)32(39(31)45)14-15-34-42(7)19-18-35(41(5,6)33(42)17-20-44(34,43)9)52-38(51)26-40(3,4)25-37(49)50/h10-13,31-35,39H,1,14-27,46H2,2-9H3,(H,47,48)(H,49,50)/t31-,32+,33-,34+,35-,39+,42-,43+,44+,45+/m0/s1. The number of fused-ring (bicyclic) bond motifs is 7. The molecule has 1 amide bonds. The molecule has 4 N–H and O–H groups in total. The largest absolute Gasteiger partial charge is 0.481 e. The van der Waals surface area contributed by atoms with Crippen molar-refractivity contribution in [2.45, 2.75) is 152 Å². The van der Waals surface area contributed by atoms with Crippen molar-refractivity contribution in [3.05, 3.63) is 42.0 Å². The zero-order valence-corrected chi connectivity index (χ0v) is 33.5. The number of carbonyl (C=O) groups excluding carboxylic acids is 2. The van der Waals surface area contributed by atoms with E-state index in [1.807, 2.05) is 38.1 Å². The number of carboxylic acid groups (broad SMARTS) is 1. The number of nitrogens with one attached hydrogen (secondary N) is 1. The van der Waals surface area contributed by atoms with Gasteiger partial charge in [0.15, 0.2) is 0 Å². The van der Waals surface area contributed by atoms with E-state index in [1.165, 1.54) is 31.3 Å². The van der Waals surface area contributed by atoms with Crippen molar-refractivity contribution in [3.63, 3.8) is 0 Å². The highest BCUT2D eigenvalue weighted by atomic mass is 16.5. The predicted molar refractivity (Wildman–Crippen MR) is 207 cm³/mol. The predicted octanol–water partition coefficient (Wildman–Crippen LogP) is 9.74. The monoisotopic (exact) mass is 717 g/mol. The molecule has 0 spiro atoms. The number of nitrogen functional groups attached to an aromatic ring is 1. The van der Waals surface area contributed by atoms with E-state index >= 15 is 0 Å². The van der Waals surface area contributed by atoms with E-state index in [1.54, 1.807) is 0 Å². The van der Waals surface area contributed by atoms with Gasteiger partial charge in [-0.15, -0.1) is 0 Å². The Kier molecular flexibility index (Phi) is 10.1. The molecule has 0 radical (unpaired) electrons. The first-order chi connectivity index (χ1) is 24.2. The Morgan fingerprint density at radius 1 is 0.885 bits per heavy atom. The highest BCUT2D eigenvalue weighted by Crippen LogP contribution is 2.78. The van der Waals surface area contributed by atoms with Crippen LogP contribution in [0.5, 0.6) is 0 Å². The van der Waals surface area contributed by atoms with Crippen LogP contribution in [0.15, 0.2) is 36.4 Å². The second-order valence-electron chi connectivity index (χ2n) is 20.5. The molecule has 288 valence electrons. The van der Waals surface area contributed by atoms with Crippen LogP contribution in [0, 0.1) is 62.1 Å². The molecule has 7 heteroatoms. The summed E-state index contributed by atoms with van der Waals surface area (Å²) >= 11 is 0. The average Bonchev–Trinajstić information content (AvgIpc) is 3.41. The van der Waals surface area contributed by atoms with Crippen LogP contribution in [0.1, 0.15) is 144 Å². The molecule has 0 unspecified atom stereocenters. The van der Waals surface area contributed by atoms with Gasteiger partial charge in [-0.3, -0.25) is 14.4 Å². The molecule has 5 saturated carbocycles. The van der Waals surface area contributed by atoms with Gasteiger partial charge in [-0.25, -0.2) is 0 Å². The summed E-state index contributed by atoms with van der Waals surface area (Å²) < 4.78 is 6.28. The number of aliphatic carboxylic acids is 1. The maximum absolute atomic E-state index is 13.7. The first-order valence-electron chi connectivity index (χ1n) is 20.4. The Morgan fingerprint density at radius 3 is 2.23 bits per heavy atom. The van der Waals surface area contributed by atoms with Gasteiger partial charge in [-0.2, -0.15) is 0 Å². The minimum Gasteiger partial charge on any atom is -0.481 e.